The molecule has 1 N–H and O–H groups in total. The summed E-state index contributed by atoms with van der Waals surface area (Å²) in [5.74, 6) is 1.52. The first-order valence-electron chi connectivity index (χ1n) is 11.4. The summed E-state index contributed by atoms with van der Waals surface area (Å²) in [6.45, 7) is 6.12. The number of aliphatic hydroxyl groups excluding tert-OH is 1. The van der Waals surface area contributed by atoms with Crippen LogP contribution in [0.5, 0.6) is 5.75 Å². The second-order valence-corrected chi connectivity index (χ2v) is 8.78. The molecule has 1 aromatic heterocycles. The van der Waals surface area contributed by atoms with Crippen molar-refractivity contribution in [3.63, 3.8) is 0 Å². The van der Waals surface area contributed by atoms with Gasteiger partial charge in [0, 0.05) is 25.3 Å². The minimum atomic E-state index is -0.711. The first-order chi connectivity index (χ1) is 16.0. The lowest BCUT2D eigenvalue weighted by Gasteiger charge is -2.20. The van der Waals surface area contributed by atoms with Crippen LogP contribution in [0, 0.1) is 0 Å². The molecule has 2 heterocycles. The van der Waals surface area contributed by atoms with Crippen molar-refractivity contribution >= 4 is 23.6 Å². The zero-order valence-electron chi connectivity index (χ0n) is 19.2. The summed E-state index contributed by atoms with van der Waals surface area (Å²) in [6, 6.07) is 6.62. The largest absolute Gasteiger partial charge is 0.491 e. The van der Waals surface area contributed by atoms with E-state index in [1.807, 2.05) is 16.4 Å². The van der Waals surface area contributed by atoms with E-state index in [4.69, 9.17) is 9.47 Å². The lowest BCUT2D eigenvalue weighted by atomic mass is 10.2. The Hall–Kier alpha value is -2.59. The summed E-state index contributed by atoms with van der Waals surface area (Å²) in [4.78, 5) is 25.9. The second-order valence-electron chi connectivity index (χ2n) is 7.79. The van der Waals surface area contributed by atoms with E-state index in [9.17, 15) is 14.7 Å². The van der Waals surface area contributed by atoms with E-state index in [-0.39, 0.29) is 18.5 Å². The number of hydrogen-bond donors (Lipinski definition) is 1. The summed E-state index contributed by atoms with van der Waals surface area (Å²) in [5.41, 5.74) is 0.455. The predicted octanol–water partition coefficient (Wildman–Crippen LogP) is 2.91. The molecule has 1 aliphatic rings. The van der Waals surface area contributed by atoms with Gasteiger partial charge >= 0.3 is 5.97 Å². The maximum absolute atomic E-state index is 12.3. The Morgan fingerprint density at radius 3 is 2.70 bits per heavy atom. The Morgan fingerprint density at radius 2 is 1.97 bits per heavy atom. The van der Waals surface area contributed by atoms with Gasteiger partial charge < -0.3 is 24.0 Å². The van der Waals surface area contributed by atoms with Gasteiger partial charge in [-0.05, 0) is 51.0 Å². The molecule has 0 spiro atoms. The number of benzene rings is 1. The molecule has 1 atom stereocenters. The van der Waals surface area contributed by atoms with Crippen LogP contribution < -0.4 is 4.74 Å². The van der Waals surface area contributed by atoms with E-state index in [1.165, 1.54) is 11.8 Å². The Kier molecular flexibility index (Phi) is 9.56. The zero-order chi connectivity index (χ0) is 23.6. The molecule has 10 heteroatoms. The maximum atomic E-state index is 12.3. The monoisotopic (exact) mass is 476 g/mol. The molecule has 0 radical (unpaired) electrons. The van der Waals surface area contributed by atoms with Crippen LogP contribution >= 0.6 is 11.8 Å². The predicted molar refractivity (Wildman–Crippen MR) is 124 cm³/mol. The number of nitrogens with zero attached hydrogens (tertiary/aromatic N) is 4. The number of aliphatic hydroxyl groups is 1. The lowest BCUT2D eigenvalue weighted by Crippen LogP contribution is -2.31. The van der Waals surface area contributed by atoms with Gasteiger partial charge in [-0.15, -0.1) is 10.2 Å². The maximum Gasteiger partial charge on any atom is 0.338 e. The number of carbonyl (C=O) groups excluding carboxylic acids is 2. The van der Waals surface area contributed by atoms with Gasteiger partial charge in [0.05, 0.1) is 24.8 Å². The molecular weight excluding hydrogens is 444 g/mol. The molecule has 1 aliphatic heterocycles. The molecule has 2 aromatic rings. The van der Waals surface area contributed by atoms with E-state index in [0.29, 0.717) is 48.3 Å². The van der Waals surface area contributed by atoms with E-state index >= 15 is 0 Å². The highest BCUT2D eigenvalue weighted by Gasteiger charge is 2.21. The number of ether oxygens (including phenoxy) is 2. The van der Waals surface area contributed by atoms with Crippen molar-refractivity contribution in [1.82, 2.24) is 19.7 Å². The molecule has 1 fully saturated rings. The number of thioether (sulfide) groups is 1. The van der Waals surface area contributed by atoms with E-state index < -0.39 is 6.10 Å². The molecule has 0 aliphatic carbocycles. The van der Waals surface area contributed by atoms with Crippen LogP contribution in [0.25, 0.3) is 0 Å². The third kappa shape index (κ3) is 7.20. The fraction of sp³-hybridized carbons (Fsp3) is 0.565. The third-order valence-corrected chi connectivity index (χ3v) is 6.44. The van der Waals surface area contributed by atoms with Gasteiger partial charge in [0.1, 0.15) is 12.4 Å². The van der Waals surface area contributed by atoms with E-state index in [1.54, 1.807) is 31.2 Å². The molecule has 1 saturated heterocycles. The third-order valence-electron chi connectivity index (χ3n) is 5.33. The van der Waals surface area contributed by atoms with Crippen LogP contribution in [0.1, 0.15) is 55.7 Å². The fourth-order valence-electron chi connectivity index (χ4n) is 3.55. The topological polar surface area (TPSA) is 107 Å². The number of likely N-dealkylation sites (tertiary alicyclic amines) is 1. The SMILES string of the molecule is CCOC(=O)c1ccc(OCC(O)CSc2nnc(CN3CCCCCC3=O)n2CC)cc1. The molecule has 1 aromatic carbocycles. The van der Waals surface area contributed by atoms with Gasteiger partial charge in [0.15, 0.2) is 11.0 Å². The minimum Gasteiger partial charge on any atom is -0.491 e. The highest BCUT2D eigenvalue weighted by molar-refractivity contribution is 7.99. The second kappa shape index (κ2) is 12.6. The van der Waals surface area contributed by atoms with Crippen molar-refractivity contribution in [3.05, 3.63) is 35.7 Å². The first-order valence-corrected chi connectivity index (χ1v) is 12.4. The zero-order valence-corrected chi connectivity index (χ0v) is 20.1. The quantitative estimate of drug-likeness (QED) is 0.390. The summed E-state index contributed by atoms with van der Waals surface area (Å²) in [6.07, 6.45) is 2.94. The van der Waals surface area contributed by atoms with Gasteiger partial charge in [-0.1, -0.05) is 18.2 Å². The average molecular weight is 477 g/mol. The number of aromatic nitrogens is 3. The summed E-state index contributed by atoms with van der Waals surface area (Å²) >= 11 is 1.41. The highest BCUT2D eigenvalue weighted by atomic mass is 32.2. The number of rotatable bonds is 11. The van der Waals surface area contributed by atoms with Crippen molar-refractivity contribution in [3.8, 4) is 5.75 Å². The van der Waals surface area contributed by atoms with Gasteiger partial charge in [0.25, 0.3) is 0 Å². The van der Waals surface area contributed by atoms with E-state index in [0.717, 1.165) is 31.6 Å². The molecule has 1 amide bonds. The Bertz CT molecular complexity index is 918. The van der Waals surface area contributed by atoms with Crippen molar-refractivity contribution < 1.29 is 24.2 Å². The molecule has 3 rings (SSSR count). The number of carbonyl (C=O) groups is 2. The molecule has 33 heavy (non-hydrogen) atoms. The van der Waals surface area contributed by atoms with Gasteiger partial charge in [-0.2, -0.15) is 0 Å². The Labute approximate surface area is 198 Å². The number of esters is 1. The molecule has 0 bridgehead atoms. The van der Waals surface area contributed by atoms with Crippen LogP contribution in [0.3, 0.4) is 0 Å². The normalized spacial score (nSPS) is 15.2. The van der Waals surface area contributed by atoms with Gasteiger partial charge in [0.2, 0.25) is 5.91 Å². The van der Waals surface area contributed by atoms with Crippen molar-refractivity contribution in [2.75, 3.05) is 25.5 Å². The highest BCUT2D eigenvalue weighted by Crippen LogP contribution is 2.21. The number of hydrogen-bond acceptors (Lipinski definition) is 8. The van der Waals surface area contributed by atoms with Crippen LogP contribution in [0.2, 0.25) is 0 Å². The van der Waals surface area contributed by atoms with Crippen LogP contribution in [0.15, 0.2) is 29.4 Å². The lowest BCUT2D eigenvalue weighted by molar-refractivity contribution is -0.131. The van der Waals surface area contributed by atoms with Crippen molar-refractivity contribution in [2.45, 2.75) is 63.9 Å². The Balaban J connectivity index is 1.49. The van der Waals surface area contributed by atoms with Crippen molar-refractivity contribution in [2.24, 2.45) is 0 Å². The van der Waals surface area contributed by atoms with Gasteiger partial charge in [-0.3, -0.25) is 4.79 Å². The van der Waals surface area contributed by atoms with Crippen LogP contribution in [-0.4, -0.2) is 68.3 Å². The smallest absolute Gasteiger partial charge is 0.338 e. The standard InChI is InChI=1S/C23H32N4O5S/c1-3-27-20(14-26-13-7-5-6-8-21(26)29)24-25-23(27)33-16-18(28)15-32-19-11-9-17(10-12-19)22(30)31-4-2/h9-12,18,28H,3-8,13-16H2,1-2H3. The summed E-state index contributed by atoms with van der Waals surface area (Å²) in [7, 11) is 0. The fourth-order valence-corrected chi connectivity index (χ4v) is 4.48. The van der Waals surface area contributed by atoms with Crippen molar-refractivity contribution in [1.29, 1.82) is 0 Å². The molecular formula is C23H32N4O5S. The summed E-state index contributed by atoms with van der Waals surface area (Å²) < 4.78 is 12.6. The molecule has 0 saturated carbocycles. The van der Waals surface area contributed by atoms with Gasteiger partial charge in [-0.25, -0.2) is 4.79 Å². The first kappa shape index (κ1) is 25.0. The minimum absolute atomic E-state index is 0.112. The molecule has 9 nitrogen and oxygen atoms in total. The van der Waals surface area contributed by atoms with Crippen LogP contribution in [-0.2, 0) is 22.6 Å². The Morgan fingerprint density at radius 1 is 1.18 bits per heavy atom. The van der Waals surface area contributed by atoms with Crippen LogP contribution in [0.4, 0.5) is 0 Å². The van der Waals surface area contributed by atoms with E-state index in [2.05, 4.69) is 10.2 Å². The molecule has 180 valence electrons. The number of amides is 1. The molecule has 1 unspecified atom stereocenters. The summed E-state index contributed by atoms with van der Waals surface area (Å²) in [5, 5.41) is 19.6. The average Bonchev–Trinajstić information content (AvgIpc) is 3.10.